The molecule has 1 heterocycles. The van der Waals surface area contributed by atoms with Gasteiger partial charge in [-0.25, -0.2) is 0 Å². The highest BCUT2D eigenvalue weighted by Crippen LogP contribution is 2.32. The summed E-state index contributed by atoms with van der Waals surface area (Å²) in [6, 6.07) is 6.66. The van der Waals surface area contributed by atoms with Gasteiger partial charge in [-0.3, -0.25) is 4.98 Å². The van der Waals surface area contributed by atoms with E-state index in [9.17, 15) is 0 Å². The molecule has 0 fully saturated rings. The van der Waals surface area contributed by atoms with Crippen LogP contribution < -0.4 is 5.32 Å². The Morgan fingerprint density at radius 1 is 1.15 bits per heavy atom. The van der Waals surface area contributed by atoms with Gasteiger partial charge in [0.2, 0.25) is 0 Å². The van der Waals surface area contributed by atoms with E-state index in [0.29, 0.717) is 0 Å². The van der Waals surface area contributed by atoms with Crippen LogP contribution in [0, 0.1) is 6.92 Å². The van der Waals surface area contributed by atoms with Crippen LogP contribution in [0.2, 0.25) is 0 Å². The molecular weight excluding hydrogens is 244 g/mol. The summed E-state index contributed by atoms with van der Waals surface area (Å²) in [7, 11) is 0. The fraction of sp³-hybridized carbons (Fsp3) is 0.500. The van der Waals surface area contributed by atoms with Gasteiger partial charge in [0.05, 0.1) is 5.52 Å². The predicted molar refractivity (Wildman–Crippen MR) is 88.7 cm³/mol. The number of benzene rings is 1. The summed E-state index contributed by atoms with van der Waals surface area (Å²) in [5.74, 6) is 0. The Morgan fingerprint density at radius 2 is 1.85 bits per heavy atom. The third-order valence-electron chi connectivity index (χ3n) is 3.87. The lowest BCUT2D eigenvalue weighted by Gasteiger charge is -2.21. The third kappa shape index (κ3) is 2.65. The molecule has 0 spiro atoms. The van der Waals surface area contributed by atoms with Gasteiger partial charge >= 0.3 is 0 Å². The van der Waals surface area contributed by atoms with Gasteiger partial charge in [-0.1, -0.05) is 33.8 Å². The monoisotopic (exact) mass is 270 g/mol. The Hall–Kier alpha value is -1.57. The molecule has 0 aliphatic heterocycles. The Balaban J connectivity index is 2.77. The molecule has 1 N–H and O–H groups in total. The van der Waals surface area contributed by atoms with Crippen molar-refractivity contribution in [1.29, 1.82) is 0 Å². The van der Waals surface area contributed by atoms with Crippen molar-refractivity contribution >= 4 is 16.6 Å². The van der Waals surface area contributed by atoms with Crippen molar-refractivity contribution in [3.63, 3.8) is 0 Å². The summed E-state index contributed by atoms with van der Waals surface area (Å²) in [5, 5.41) is 4.80. The molecule has 0 bridgehead atoms. The second kappa shape index (κ2) is 5.43. The van der Waals surface area contributed by atoms with Gasteiger partial charge in [-0.15, -0.1) is 0 Å². The molecule has 0 aliphatic carbocycles. The van der Waals surface area contributed by atoms with E-state index in [2.05, 4.69) is 65.1 Å². The van der Waals surface area contributed by atoms with E-state index in [0.717, 1.165) is 24.2 Å². The molecule has 2 heteroatoms. The zero-order chi connectivity index (χ0) is 14.9. The lowest BCUT2D eigenvalue weighted by atomic mass is 9.86. The number of fused-ring (bicyclic) bond motifs is 1. The SMILES string of the molecule is CCNc1c(CC)c(C)nc2ccc(C(C)(C)C)cc12. The average molecular weight is 270 g/mol. The molecule has 0 aliphatic rings. The van der Waals surface area contributed by atoms with Gasteiger partial charge in [0.1, 0.15) is 0 Å². The molecule has 1 aromatic heterocycles. The van der Waals surface area contributed by atoms with Crippen LogP contribution in [0.3, 0.4) is 0 Å². The highest BCUT2D eigenvalue weighted by atomic mass is 14.9. The molecular formula is C18H26N2. The Kier molecular flexibility index (Phi) is 4.03. The van der Waals surface area contributed by atoms with Crippen LogP contribution in [0.5, 0.6) is 0 Å². The summed E-state index contributed by atoms with van der Waals surface area (Å²) in [5.41, 5.74) is 6.35. The van der Waals surface area contributed by atoms with E-state index < -0.39 is 0 Å². The lowest BCUT2D eigenvalue weighted by Crippen LogP contribution is -2.11. The van der Waals surface area contributed by atoms with Crippen LogP contribution in [0.15, 0.2) is 18.2 Å². The summed E-state index contributed by atoms with van der Waals surface area (Å²) in [6.07, 6.45) is 1.01. The Labute approximate surface area is 122 Å². The minimum Gasteiger partial charge on any atom is -0.384 e. The van der Waals surface area contributed by atoms with E-state index in [1.165, 1.54) is 22.2 Å². The first kappa shape index (κ1) is 14.8. The highest BCUT2D eigenvalue weighted by Gasteiger charge is 2.17. The molecule has 0 saturated carbocycles. The minimum absolute atomic E-state index is 0.162. The third-order valence-corrected chi connectivity index (χ3v) is 3.87. The number of rotatable bonds is 3. The van der Waals surface area contributed by atoms with Crippen LogP contribution in [0.25, 0.3) is 10.9 Å². The number of pyridine rings is 1. The van der Waals surface area contributed by atoms with Gasteiger partial charge < -0.3 is 5.32 Å². The molecule has 0 radical (unpaired) electrons. The quantitative estimate of drug-likeness (QED) is 0.863. The molecule has 0 amide bonds. The summed E-state index contributed by atoms with van der Waals surface area (Å²) in [4.78, 5) is 4.77. The van der Waals surface area contributed by atoms with Crippen LogP contribution in [-0.2, 0) is 11.8 Å². The molecule has 20 heavy (non-hydrogen) atoms. The molecule has 2 aromatic rings. The topological polar surface area (TPSA) is 24.9 Å². The van der Waals surface area contributed by atoms with Gasteiger partial charge in [-0.05, 0) is 48.9 Å². The number of aromatic nitrogens is 1. The maximum Gasteiger partial charge on any atom is 0.0726 e. The van der Waals surface area contributed by atoms with Crippen molar-refractivity contribution < 1.29 is 0 Å². The molecule has 0 atom stereocenters. The Morgan fingerprint density at radius 3 is 2.40 bits per heavy atom. The van der Waals surface area contributed by atoms with Gasteiger partial charge in [0.15, 0.2) is 0 Å². The summed E-state index contributed by atoms with van der Waals surface area (Å²) >= 11 is 0. The van der Waals surface area contributed by atoms with Crippen molar-refractivity contribution in [1.82, 2.24) is 4.98 Å². The molecule has 2 nitrogen and oxygen atoms in total. The summed E-state index contributed by atoms with van der Waals surface area (Å²) in [6.45, 7) is 14.2. The van der Waals surface area contributed by atoms with Gasteiger partial charge in [-0.2, -0.15) is 0 Å². The number of hydrogen-bond acceptors (Lipinski definition) is 2. The largest absolute Gasteiger partial charge is 0.384 e. The predicted octanol–water partition coefficient (Wildman–Crippen LogP) is 4.83. The second-order valence-corrected chi connectivity index (χ2v) is 6.42. The molecule has 2 rings (SSSR count). The lowest BCUT2D eigenvalue weighted by molar-refractivity contribution is 0.591. The molecule has 1 aromatic carbocycles. The second-order valence-electron chi connectivity index (χ2n) is 6.42. The van der Waals surface area contributed by atoms with E-state index in [1.54, 1.807) is 0 Å². The highest BCUT2D eigenvalue weighted by molar-refractivity contribution is 5.94. The smallest absolute Gasteiger partial charge is 0.0726 e. The summed E-state index contributed by atoms with van der Waals surface area (Å²) < 4.78 is 0. The maximum absolute atomic E-state index is 4.77. The van der Waals surface area contributed by atoms with Gasteiger partial charge in [0.25, 0.3) is 0 Å². The first-order valence-electron chi connectivity index (χ1n) is 7.56. The zero-order valence-electron chi connectivity index (χ0n) is 13.6. The van der Waals surface area contributed by atoms with E-state index in [4.69, 9.17) is 4.98 Å². The van der Waals surface area contributed by atoms with Crippen molar-refractivity contribution in [3.05, 3.63) is 35.0 Å². The Bertz CT molecular complexity index is 621. The van der Waals surface area contributed by atoms with Gasteiger partial charge in [0, 0.05) is 23.3 Å². The van der Waals surface area contributed by atoms with E-state index in [1.807, 2.05) is 0 Å². The van der Waals surface area contributed by atoms with Crippen molar-refractivity contribution in [2.75, 3.05) is 11.9 Å². The average Bonchev–Trinajstić information content (AvgIpc) is 2.37. The first-order valence-corrected chi connectivity index (χ1v) is 7.56. The standard InChI is InChI=1S/C18H26N2/c1-7-14-12(3)20-16-10-9-13(18(4,5)6)11-15(16)17(14)19-8-2/h9-11H,7-8H2,1-6H3,(H,19,20). The minimum atomic E-state index is 0.162. The molecule has 0 saturated heterocycles. The first-order chi connectivity index (χ1) is 9.38. The fourth-order valence-corrected chi connectivity index (χ4v) is 2.70. The molecule has 108 valence electrons. The van der Waals surface area contributed by atoms with E-state index >= 15 is 0 Å². The number of hydrogen-bond donors (Lipinski definition) is 1. The van der Waals surface area contributed by atoms with Crippen molar-refractivity contribution in [2.45, 2.75) is 53.4 Å². The molecule has 0 unspecified atom stereocenters. The maximum atomic E-state index is 4.77. The van der Waals surface area contributed by atoms with Crippen molar-refractivity contribution in [2.24, 2.45) is 0 Å². The van der Waals surface area contributed by atoms with Crippen LogP contribution in [-0.4, -0.2) is 11.5 Å². The normalized spacial score (nSPS) is 11.9. The van der Waals surface area contributed by atoms with Crippen LogP contribution in [0.4, 0.5) is 5.69 Å². The fourth-order valence-electron chi connectivity index (χ4n) is 2.70. The van der Waals surface area contributed by atoms with Crippen LogP contribution >= 0.6 is 0 Å². The number of aryl methyl sites for hydroxylation is 1. The van der Waals surface area contributed by atoms with Crippen LogP contribution in [0.1, 0.15) is 51.4 Å². The zero-order valence-corrected chi connectivity index (χ0v) is 13.6. The number of nitrogens with zero attached hydrogens (tertiary/aromatic N) is 1. The number of anilines is 1. The van der Waals surface area contributed by atoms with E-state index in [-0.39, 0.29) is 5.41 Å². The number of nitrogens with one attached hydrogen (secondary N) is 1. The van der Waals surface area contributed by atoms with Crippen molar-refractivity contribution in [3.8, 4) is 0 Å².